The number of halogens is 3. The van der Waals surface area contributed by atoms with Crippen molar-refractivity contribution in [2.24, 2.45) is 7.05 Å². The molecule has 1 saturated heterocycles. The van der Waals surface area contributed by atoms with Gasteiger partial charge in [0, 0.05) is 30.7 Å². The van der Waals surface area contributed by atoms with Gasteiger partial charge in [-0.15, -0.1) is 0 Å². The van der Waals surface area contributed by atoms with E-state index in [1.807, 2.05) is 35.9 Å². The van der Waals surface area contributed by atoms with Gasteiger partial charge in [-0.1, -0.05) is 18.2 Å². The number of hydrogen-bond donors (Lipinski definition) is 0. The first-order chi connectivity index (χ1) is 13.3. The molecule has 1 unspecified atom stereocenters. The normalized spacial score (nSPS) is 18.0. The highest BCUT2D eigenvalue weighted by atomic mass is 19.4. The Morgan fingerprint density at radius 3 is 2.89 bits per heavy atom. The molecule has 1 atom stereocenters. The highest BCUT2D eigenvalue weighted by molar-refractivity contribution is 6.07. The lowest BCUT2D eigenvalue weighted by Crippen LogP contribution is -2.44. The predicted octanol–water partition coefficient (Wildman–Crippen LogP) is 2.55. The number of alkyl halides is 3. The molecule has 0 spiro atoms. The van der Waals surface area contributed by atoms with E-state index >= 15 is 0 Å². The summed E-state index contributed by atoms with van der Waals surface area (Å²) in [4.78, 5) is 18.8. The van der Waals surface area contributed by atoms with Crippen molar-refractivity contribution in [2.45, 2.75) is 18.8 Å². The molecule has 4 rings (SSSR count). The molecule has 0 N–H and O–H groups in total. The minimum atomic E-state index is -4.40. The fourth-order valence-corrected chi connectivity index (χ4v) is 3.45. The Balaban J connectivity index is 1.64. The van der Waals surface area contributed by atoms with Crippen LogP contribution in [0.3, 0.4) is 0 Å². The summed E-state index contributed by atoms with van der Waals surface area (Å²) in [5, 5.41) is 4.74. The maximum absolute atomic E-state index is 13.3. The number of carbonyl (C=O) groups is 1. The van der Waals surface area contributed by atoms with E-state index in [2.05, 4.69) is 10.1 Å². The summed E-state index contributed by atoms with van der Waals surface area (Å²) in [6, 6.07) is 6.90. The fraction of sp³-hybridized carbons (Fsp3) is 0.389. The second-order valence-electron chi connectivity index (χ2n) is 6.68. The molecular weight excluding hydrogens is 375 g/mol. The third-order valence-electron chi connectivity index (χ3n) is 4.71. The summed E-state index contributed by atoms with van der Waals surface area (Å²) in [6.07, 6.45) is -1.61. The van der Waals surface area contributed by atoms with Crippen molar-refractivity contribution in [3.63, 3.8) is 0 Å². The summed E-state index contributed by atoms with van der Waals surface area (Å²) in [5.41, 5.74) is 1.45. The van der Waals surface area contributed by atoms with Crippen LogP contribution in [-0.2, 0) is 18.3 Å². The second-order valence-corrected chi connectivity index (χ2v) is 6.68. The molecule has 7 nitrogen and oxygen atoms in total. The Bertz CT molecular complexity index is 1010. The molecule has 0 aliphatic carbocycles. The smallest absolute Gasteiger partial charge is 0.377 e. The monoisotopic (exact) mass is 393 g/mol. The minimum absolute atomic E-state index is 0.131. The lowest BCUT2D eigenvalue weighted by molar-refractivity contribution is -0.142. The summed E-state index contributed by atoms with van der Waals surface area (Å²) in [7, 11) is 1.86. The number of hydrogen-bond acceptors (Lipinski definition) is 4. The van der Waals surface area contributed by atoms with E-state index < -0.39 is 18.8 Å². The van der Waals surface area contributed by atoms with Gasteiger partial charge in [-0.05, 0) is 6.07 Å². The molecule has 1 aromatic carbocycles. The van der Waals surface area contributed by atoms with E-state index in [9.17, 15) is 18.0 Å². The highest BCUT2D eigenvalue weighted by Gasteiger charge is 2.34. The van der Waals surface area contributed by atoms with Gasteiger partial charge < -0.3 is 14.2 Å². The molecule has 3 heterocycles. The highest BCUT2D eigenvalue weighted by Crippen LogP contribution is 2.28. The number of morpholine rings is 1. The van der Waals surface area contributed by atoms with E-state index in [4.69, 9.17) is 4.74 Å². The molecule has 148 valence electrons. The van der Waals surface area contributed by atoms with Crippen LogP contribution < -0.4 is 0 Å². The van der Waals surface area contributed by atoms with Gasteiger partial charge in [-0.25, -0.2) is 9.67 Å². The van der Waals surface area contributed by atoms with Crippen molar-refractivity contribution in [3.05, 3.63) is 48.2 Å². The number of para-hydroxylation sites is 1. The van der Waals surface area contributed by atoms with Crippen LogP contribution in [0.5, 0.6) is 0 Å². The van der Waals surface area contributed by atoms with Crippen molar-refractivity contribution in [1.82, 2.24) is 24.2 Å². The average Bonchev–Trinajstić information content (AvgIpc) is 3.25. The first-order valence-corrected chi connectivity index (χ1v) is 8.72. The average molecular weight is 393 g/mol. The van der Waals surface area contributed by atoms with E-state index in [1.165, 1.54) is 0 Å². The first-order valence-electron chi connectivity index (χ1n) is 8.72. The van der Waals surface area contributed by atoms with E-state index in [0.717, 1.165) is 21.9 Å². The number of aryl methyl sites for hydroxylation is 1. The number of fused-ring (bicyclic) bond motifs is 1. The summed E-state index contributed by atoms with van der Waals surface area (Å²) < 4.78 is 45.8. The zero-order chi connectivity index (χ0) is 19.9. The van der Waals surface area contributed by atoms with Crippen molar-refractivity contribution in [3.8, 4) is 0 Å². The van der Waals surface area contributed by atoms with Crippen LogP contribution in [0, 0.1) is 0 Å². The van der Waals surface area contributed by atoms with Crippen LogP contribution in [0.1, 0.15) is 22.2 Å². The van der Waals surface area contributed by atoms with Gasteiger partial charge in [-0.3, -0.25) is 4.79 Å². The Labute approximate surface area is 158 Å². The van der Waals surface area contributed by atoms with Gasteiger partial charge >= 0.3 is 6.18 Å². The summed E-state index contributed by atoms with van der Waals surface area (Å²) in [6.45, 7) is -0.450. The van der Waals surface area contributed by atoms with Crippen molar-refractivity contribution in [1.29, 1.82) is 0 Å². The number of amides is 1. The second kappa shape index (κ2) is 6.93. The molecule has 0 saturated carbocycles. The van der Waals surface area contributed by atoms with Gasteiger partial charge in [0.25, 0.3) is 5.91 Å². The molecule has 2 aromatic heterocycles. The van der Waals surface area contributed by atoms with Crippen LogP contribution in [0.15, 0.2) is 36.8 Å². The summed E-state index contributed by atoms with van der Waals surface area (Å²) in [5.74, 6) is -0.0881. The third kappa shape index (κ3) is 3.47. The molecule has 10 heteroatoms. The lowest BCUT2D eigenvalue weighted by Gasteiger charge is -2.33. The topological polar surface area (TPSA) is 65.2 Å². The van der Waals surface area contributed by atoms with Crippen LogP contribution in [0.4, 0.5) is 13.2 Å². The molecule has 1 amide bonds. The maximum atomic E-state index is 13.3. The zero-order valence-electron chi connectivity index (χ0n) is 15.1. The van der Waals surface area contributed by atoms with Crippen molar-refractivity contribution >= 4 is 16.8 Å². The Morgan fingerprint density at radius 2 is 2.11 bits per heavy atom. The Hall–Kier alpha value is -2.88. The van der Waals surface area contributed by atoms with E-state index in [0.29, 0.717) is 18.7 Å². The predicted molar refractivity (Wildman–Crippen MR) is 93.6 cm³/mol. The van der Waals surface area contributed by atoms with Crippen LogP contribution in [0.25, 0.3) is 10.9 Å². The molecule has 0 bridgehead atoms. The van der Waals surface area contributed by atoms with E-state index in [1.54, 1.807) is 11.1 Å². The van der Waals surface area contributed by atoms with Crippen molar-refractivity contribution in [2.75, 3.05) is 19.8 Å². The molecule has 1 aliphatic rings. The number of rotatable bonds is 3. The number of ether oxygens (including phenoxy) is 1. The zero-order valence-corrected chi connectivity index (χ0v) is 15.1. The number of aromatic nitrogens is 4. The number of benzene rings is 1. The fourth-order valence-electron chi connectivity index (χ4n) is 3.45. The SMILES string of the molecule is Cn1cc(C(=O)N2CCOCC2c2ncn(CC(F)(F)F)n2)c2ccccc21. The van der Waals surface area contributed by atoms with Gasteiger partial charge in [0.15, 0.2) is 5.82 Å². The number of carbonyl (C=O) groups excluding carboxylic acids is 1. The molecule has 1 fully saturated rings. The molecule has 28 heavy (non-hydrogen) atoms. The van der Waals surface area contributed by atoms with Crippen LogP contribution in [0.2, 0.25) is 0 Å². The van der Waals surface area contributed by atoms with Crippen LogP contribution in [-0.4, -0.2) is 56.1 Å². The van der Waals surface area contributed by atoms with Gasteiger partial charge in [0.2, 0.25) is 0 Å². The standard InChI is InChI=1S/C18H18F3N5O2/c1-24-8-13(12-4-2-3-5-14(12)24)17(27)26-6-7-28-9-15(26)16-22-11-25(23-16)10-18(19,20)21/h2-5,8,11,15H,6-7,9-10H2,1H3. The maximum Gasteiger partial charge on any atom is 0.408 e. The lowest BCUT2D eigenvalue weighted by atomic mass is 10.1. The van der Waals surface area contributed by atoms with Crippen molar-refractivity contribution < 1.29 is 22.7 Å². The van der Waals surface area contributed by atoms with Gasteiger partial charge in [-0.2, -0.15) is 18.3 Å². The number of nitrogens with zero attached hydrogens (tertiary/aromatic N) is 5. The first kappa shape index (κ1) is 18.5. The third-order valence-corrected chi connectivity index (χ3v) is 4.71. The molecule has 3 aromatic rings. The quantitative estimate of drug-likeness (QED) is 0.686. The Kier molecular flexibility index (Phi) is 4.58. The minimum Gasteiger partial charge on any atom is -0.377 e. The van der Waals surface area contributed by atoms with Gasteiger partial charge in [0.1, 0.15) is 18.9 Å². The van der Waals surface area contributed by atoms with E-state index in [-0.39, 0.29) is 18.3 Å². The Morgan fingerprint density at radius 1 is 1.32 bits per heavy atom. The molecule has 1 aliphatic heterocycles. The summed E-state index contributed by atoms with van der Waals surface area (Å²) >= 11 is 0. The molecule has 0 radical (unpaired) electrons. The van der Waals surface area contributed by atoms with Gasteiger partial charge in [0.05, 0.1) is 18.8 Å². The van der Waals surface area contributed by atoms with Crippen LogP contribution >= 0.6 is 0 Å². The largest absolute Gasteiger partial charge is 0.408 e. The molecular formula is C18H18F3N5O2.